The molecule has 2 aliphatic rings. The van der Waals surface area contributed by atoms with Gasteiger partial charge in [-0.1, -0.05) is 0 Å². The minimum atomic E-state index is -3.22. The first-order chi connectivity index (χ1) is 8.30. The molecule has 2 fully saturated rings. The summed E-state index contributed by atoms with van der Waals surface area (Å²) in [6, 6.07) is -0.179. The highest BCUT2D eigenvalue weighted by atomic mass is 32.2. The largest absolute Gasteiger partial charge is 0.340 e. The standard InChI is InChI=1S/C11H21N3O3S/c1-18(16,17)13-9-4-2-7-14(8-9)10(15)11(12)5-3-6-11/h9,13H,2-8,12H2,1H3. The fourth-order valence-electron chi connectivity index (χ4n) is 2.65. The Balaban J connectivity index is 1.96. The normalized spacial score (nSPS) is 27.7. The summed E-state index contributed by atoms with van der Waals surface area (Å²) >= 11 is 0. The van der Waals surface area contributed by atoms with Crippen LogP contribution in [0.15, 0.2) is 0 Å². The number of piperidine rings is 1. The average Bonchev–Trinajstić information content (AvgIpc) is 2.23. The van der Waals surface area contributed by atoms with E-state index in [1.54, 1.807) is 4.90 Å². The SMILES string of the molecule is CS(=O)(=O)NC1CCCN(C(=O)C2(N)CCC2)C1. The topological polar surface area (TPSA) is 92.5 Å². The number of nitrogens with two attached hydrogens (primary N) is 1. The van der Waals surface area contributed by atoms with Gasteiger partial charge in [0, 0.05) is 19.1 Å². The van der Waals surface area contributed by atoms with E-state index in [-0.39, 0.29) is 11.9 Å². The number of hydrogen-bond acceptors (Lipinski definition) is 4. The number of hydrogen-bond donors (Lipinski definition) is 2. The lowest BCUT2D eigenvalue weighted by molar-refractivity contribution is -0.141. The van der Waals surface area contributed by atoms with Crippen LogP contribution < -0.4 is 10.5 Å². The lowest BCUT2D eigenvalue weighted by atomic mass is 9.76. The molecule has 0 bridgehead atoms. The predicted octanol–water partition coefficient (Wildman–Crippen LogP) is -0.592. The number of amides is 1. The third-order valence-corrected chi connectivity index (χ3v) is 4.52. The summed E-state index contributed by atoms with van der Waals surface area (Å²) in [7, 11) is -3.22. The molecule has 6 nitrogen and oxygen atoms in total. The molecule has 18 heavy (non-hydrogen) atoms. The Kier molecular flexibility index (Phi) is 3.66. The van der Waals surface area contributed by atoms with Crippen LogP contribution in [0.2, 0.25) is 0 Å². The molecule has 0 radical (unpaired) electrons. The van der Waals surface area contributed by atoms with Crippen LogP contribution in [0.5, 0.6) is 0 Å². The second-order valence-corrected chi connectivity index (χ2v) is 7.27. The molecule has 2 rings (SSSR count). The van der Waals surface area contributed by atoms with Crippen LogP contribution in [0.4, 0.5) is 0 Å². The van der Waals surface area contributed by atoms with Crippen LogP contribution in [0.1, 0.15) is 32.1 Å². The van der Waals surface area contributed by atoms with E-state index in [4.69, 9.17) is 5.73 Å². The van der Waals surface area contributed by atoms with E-state index >= 15 is 0 Å². The van der Waals surface area contributed by atoms with Crippen LogP contribution in [0.25, 0.3) is 0 Å². The van der Waals surface area contributed by atoms with Crippen molar-refractivity contribution in [1.82, 2.24) is 9.62 Å². The zero-order valence-electron chi connectivity index (χ0n) is 10.7. The predicted molar refractivity (Wildman–Crippen MR) is 68.4 cm³/mol. The van der Waals surface area contributed by atoms with E-state index in [1.165, 1.54) is 0 Å². The number of likely N-dealkylation sites (tertiary alicyclic amines) is 1. The van der Waals surface area contributed by atoms with Crippen LogP contribution >= 0.6 is 0 Å². The molecule has 0 aromatic rings. The van der Waals surface area contributed by atoms with Gasteiger partial charge in [0.25, 0.3) is 0 Å². The van der Waals surface area contributed by atoms with Gasteiger partial charge in [0.2, 0.25) is 15.9 Å². The first kappa shape index (κ1) is 13.8. The van der Waals surface area contributed by atoms with E-state index in [1.807, 2.05) is 0 Å². The molecule has 1 unspecified atom stereocenters. The van der Waals surface area contributed by atoms with Crippen LogP contribution in [0.3, 0.4) is 0 Å². The number of carbonyl (C=O) groups is 1. The molecule has 1 atom stereocenters. The lowest BCUT2D eigenvalue weighted by Gasteiger charge is -2.43. The second kappa shape index (κ2) is 4.79. The highest BCUT2D eigenvalue weighted by Gasteiger charge is 2.43. The van der Waals surface area contributed by atoms with Crippen molar-refractivity contribution < 1.29 is 13.2 Å². The zero-order chi connectivity index (χ0) is 13.4. The molecule has 1 aliphatic heterocycles. The molecule has 0 aromatic heterocycles. The van der Waals surface area contributed by atoms with Crippen molar-refractivity contribution in [3.05, 3.63) is 0 Å². The van der Waals surface area contributed by atoms with Crippen molar-refractivity contribution in [2.24, 2.45) is 5.73 Å². The number of carbonyl (C=O) groups excluding carboxylic acids is 1. The van der Waals surface area contributed by atoms with E-state index < -0.39 is 15.6 Å². The van der Waals surface area contributed by atoms with Gasteiger partial charge in [-0.15, -0.1) is 0 Å². The first-order valence-electron chi connectivity index (χ1n) is 6.36. The Labute approximate surface area is 108 Å². The van der Waals surface area contributed by atoms with Crippen molar-refractivity contribution in [2.45, 2.75) is 43.7 Å². The number of nitrogens with zero attached hydrogens (tertiary/aromatic N) is 1. The van der Waals surface area contributed by atoms with Crippen LogP contribution in [-0.4, -0.2) is 50.2 Å². The van der Waals surface area contributed by atoms with Gasteiger partial charge in [-0.05, 0) is 32.1 Å². The molecule has 1 amide bonds. The minimum Gasteiger partial charge on any atom is -0.340 e. The van der Waals surface area contributed by atoms with Gasteiger partial charge in [0.1, 0.15) is 0 Å². The van der Waals surface area contributed by atoms with Crippen molar-refractivity contribution in [2.75, 3.05) is 19.3 Å². The molecular weight excluding hydrogens is 254 g/mol. The summed E-state index contributed by atoms with van der Waals surface area (Å²) in [6.45, 7) is 1.12. The summed E-state index contributed by atoms with van der Waals surface area (Å²) in [4.78, 5) is 14.0. The van der Waals surface area contributed by atoms with Crippen molar-refractivity contribution in [3.8, 4) is 0 Å². The fraction of sp³-hybridized carbons (Fsp3) is 0.909. The maximum atomic E-state index is 12.2. The Hall–Kier alpha value is -0.660. The number of rotatable bonds is 3. The second-order valence-electron chi connectivity index (χ2n) is 5.49. The quantitative estimate of drug-likeness (QED) is 0.720. The molecule has 1 heterocycles. The smallest absolute Gasteiger partial charge is 0.242 e. The molecule has 0 aromatic carbocycles. The highest BCUT2D eigenvalue weighted by molar-refractivity contribution is 7.88. The van der Waals surface area contributed by atoms with Crippen LogP contribution in [0, 0.1) is 0 Å². The summed E-state index contributed by atoms with van der Waals surface area (Å²) in [6.07, 6.45) is 5.22. The third-order valence-electron chi connectivity index (χ3n) is 3.76. The maximum Gasteiger partial charge on any atom is 0.242 e. The summed E-state index contributed by atoms with van der Waals surface area (Å²) in [5, 5.41) is 0. The Morgan fingerprint density at radius 1 is 1.39 bits per heavy atom. The van der Waals surface area contributed by atoms with Gasteiger partial charge in [-0.25, -0.2) is 13.1 Å². The molecule has 1 aliphatic carbocycles. The summed E-state index contributed by atoms with van der Waals surface area (Å²) in [5.41, 5.74) is 5.33. The third kappa shape index (κ3) is 3.02. The monoisotopic (exact) mass is 275 g/mol. The van der Waals surface area contributed by atoms with Gasteiger partial charge in [-0.3, -0.25) is 4.79 Å². The van der Waals surface area contributed by atoms with Gasteiger partial charge < -0.3 is 10.6 Å². The average molecular weight is 275 g/mol. The summed E-state index contributed by atoms with van der Waals surface area (Å²) < 4.78 is 25.0. The molecular formula is C11H21N3O3S. The molecule has 1 saturated heterocycles. The van der Waals surface area contributed by atoms with Crippen molar-refractivity contribution in [3.63, 3.8) is 0 Å². The van der Waals surface area contributed by atoms with E-state index in [9.17, 15) is 13.2 Å². The Morgan fingerprint density at radius 3 is 2.56 bits per heavy atom. The Bertz CT molecular complexity index is 431. The molecule has 7 heteroatoms. The van der Waals surface area contributed by atoms with E-state index in [0.29, 0.717) is 13.1 Å². The number of nitrogens with one attached hydrogen (secondary N) is 1. The van der Waals surface area contributed by atoms with Crippen molar-refractivity contribution in [1.29, 1.82) is 0 Å². The van der Waals surface area contributed by atoms with Gasteiger partial charge >= 0.3 is 0 Å². The van der Waals surface area contributed by atoms with Gasteiger partial charge in [-0.2, -0.15) is 0 Å². The molecule has 0 spiro atoms. The maximum absolute atomic E-state index is 12.2. The van der Waals surface area contributed by atoms with Gasteiger partial charge in [0.05, 0.1) is 11.8 Å². The molecule has 3 N–H and O–H groups in total. The van der Waals surface area contributed by atoms with Gasteiger partial charge in [0.15, 0.2) is 0 Å². The van der Waals surface area contributed by atoms with E-state index in [0.717, 1.165) is 38.4 Å². The number of sulfonamides is 1. The van der Waals surface area contributed by atoms with Crippen molar-refractivity contribution >= 4 is 15.9 Å². The van der Waals surface area contributed by atoms with Crippen LogP contribution in [-0.2, 0) is 14.8 Å². The molecule has 104 valence electrons. The summed E-state index contributed by atoms with van der Waals surface area (Å²) in [5.74, 6) is -0.0197. The fourth-order valence-corrected chi connectivity index (χ4v) is 3.44. The Morgan fingerprint density at radius 2 is 2.06 bits per heavy atom. The zero-order valence-corrected chi connectivity index (χ0v) is 11.5. The minimum absolute atomic E-state index is 0.0197. The van der Waals surface area contributed by atoms with E-state index in [2.05, 4.69) is 4.72 Å². The lowest BCUT2D eigenvalue weighted by Crippen LogP contribution is -2.62. The first-order valence-corrected chi connectivity index (χ1v) is 8.25. The highest BCUT2D eigenvalue weighted by Crippen LogP contribution is 2.31. The molecule has 1 saturated carbocycles.